The Kier molecular flexibility index (Phi) is 3.75. The van der Waals surface area contributed by atoms with Gasteiger partial charge in [-0.3, -0.25) is 4.79 Å². The van der Waals surface area contributed by atoms with Crippen molar-refractivity contribution in [2.24, 2.45) is 0 Å². The van der Waals surface area contributed by atoms with Gasteiger partial charge in [0.15, 0.2) is 0 Å². The molecule has 1 saturated heterocycles. The van der Waals surface area contributed by atoms with E-state index in [0.29, 0.717) is 24.1 Å². The van der Waals surface area contributed by atoms with E-state index in [1.165, 1.54) is 12.4 Å². The van der Waals surface area contributed by atoms with Gasteiger partial charge in [-0.25, -0.2) is 9.97 Å². The first kappa shape index (κ1) is 12.1. The molecule has 1 unspecified atom stereocenters. The number of anilines is 1. The number of carbonyl (C=O) groups excluding carboxylic acids is 1. The minimum atomic E-state index is -0.282. The molecule has 2 rings (SSSR count). The quantitative estimate of drug-likeness (QED) is 0.756. The number of amides is 1. The van der Waals surface area contributed by atoms with Crippen LogP contribution in [0.1, 0.15) is 0 Å². The number of carbonyl (C=O) groups is 1. The lowest BCUT2D eigenvalue weighted by Crippen LogP contribution is -2.58. The van der Waals surface area contributed by atoms with Crippen molar-refractivity contribution in [1.82, 2.24) is 20.6 Å². The number of rotatable bonds is 2. The van der Waals surface area contributed by atoms with Gasteiger partial charge in [0.25, 0.3) is 0 Å². The molecule has 0 spiro atoms. The largest absolute Gasteiger partial charge is 0.357 e. The van der Waals surface area contributed by atoms with Crippen LogP contribution in [0.3, 0.4) is 0 Å². The van der Waals surface area contributed by atoms with Gasteiger partial charge < -0.3 is 15.5 Å². The Morgan fingerprint density at radius 2 is 2.29 bits per heavy atom. The number of nitrogens with zero attached hydrogens (tertiary/aromatic N) is 3. The number of hydrogen-bond acceptors (Lipinski definition) is 5. The van der Waals surface area contributed by atoms with Crippen LogP contribution in [-0.2, 0) is 4.79 Å². The normalized spacial score (nSPS) is 20.1. The topological polar surface area (TPSA) is 70.2 Å². The van der Waals surface area contributed by atoms with Gasteiger partial charge >= 0.3 is 0 Å². The highest BCUT2D eigenvalue weighted by Gasteiger charge is 2.29. The maximum atomic E-state index is 11.7. The molecule has 0 aromatic carbocycles. The smallest absolute Gasteiger partial charge is 0.243 e. The molecule has 2 N–H and O–H groups in total. The first-order valence-corrected chi connectivity index (χ1v) is 5.76. The number of halogens is 1. The molecule has 92 valence electrons. The highest BCUT2D eigenvalue weighted by atomic mass is 35.5. The number of likely N-dealkylation sites (N-methyl/N-ethyl adjacent to an activating group) is 1. The fourth-order valence-electron chi connectivity index (χ4n) is 1.80. The summed E-state index contributed by atoms with van der Waals surface area (Å²) in [5.41, 5.74) is 0. The van der Waals surface area contributed by atoms with Crippen molar-refractivity contribution in [2.45, 2.75) is 6.04 Å². The Morgan fingerprint density at radius 1 is 1.59 bits per heavy atom. The van der Waals surface area contributed by atoms with Crippen LogP contribution < -0.4 is 15.5 Å². The predicted octanol–water partition coefficient (Wildman–Crippen LogP) is -0.346. The van der Waals surface area contributed by atoms with Crippen molar-refractivity contribution >= 4 is 23.5 Å². The number of hydrogen-bond donors (Lipinski definition) is 2. The van der Waals surface area contributed by atoms with Crippen molar-refractivity contribution in [2.75, 3.05) is 31.6 Å². The van der Waals surface area contributed by atoms with Crippen LogP contribution in [0.15, 0.2) is 12.4 Å². The fraction of sp³-hybridized carbons (Fsp3) is 0.500. The summed E-state index contributed by atoms with van der Waals surface area (Å²) in [4.78, 5) is 21.9. The zero-order valence-electron chi connectivity index (χ0n) is 9.48. The second-order valence-corrected chi connectivity index (χ2v) is 4.17. The SMILES string of the molecule is CNC(=O)C1CNCCN1c1ncc(Cl)cn1. The van der Waals surface area contributed by atoms with E-state index in [0.717, 1.165) is 6.54 Å². The van der Waals surface area contributed by atoms with Crippen molar-refractivity contribution in [3.8, 4) is 0 Å². The highest BCUT2D eigenvalue weighted by molar-refractivity contribution is 6.30. The maximum Gasteiger partial charge on any atom is 0.243 e. The molecule has 7 heteroatoms. The van der Waals surface area contributed by atoms with Crippen molar-refractivity contribution in [1.29, 1.82) is 0 Å². The van der Waals surface area contributed by atoms with Gasteiger partial charge in [-0.05, 0) is 0 Å². The Hall–Kier alpha value is -1.40. The van der Waals surface area contributed by atoms with E-state index in [4.69, 9.17) is 11.6 Å². The van der Waals surface area contributed by atoms with Crippen LogP contribution in [0.25, 0.3) is 0 Å². The lowest BCUT2D eigenvalue weighted by atomic mass is 10.2. The third kappa shape index (κ3) is 2.65. The van der Waals surface area contributed by atoms with Crippen LogP contribution in [0, 0.1) is 0 Å². The third-order valence-corrected chi connectivity index (χ3v) is 2.85. The second kappa shape index (κ2) is 5.29. The van der Waals surface area contributed by atoms with E-state index >= 15 is 0 Å². The van der Waals surface area contributed by atoms with Gasteiger partial charge in [0.2, 0.25) is 11.9 Å². The first-order chi connectivity index (χ1) is 8.22. The van der Waals surface area contributed by atoms with E-state index in [1.54, 1.807) is 7.05 Å². The Morgan fingerprint density at radius 3 is 2.94 bits per heavy atom. The predicted molar refractivity (Wildman–Crippen MR) is 65.1 cm³/mol. The first-order valence-electron chi connectivity index (χ1n) is 5.39. The van der Waals surface area contributed by atoms with Gasteiger partial charge in [-0.1, -0.05) is 11.6 Å². The van der Waals surface area contributed by atoms with Gasteiger partial charge in [-0.2, -0.15) is 0 Å². The molecule has 0 saturated carbocycles. The number of nitrogens with one attached hydrogen (secondary N) is 2. The third-order valence-electron chi connectivity index (χ3n) is 2.66. The van der Waals surface area contributed by atoms with E-state index < -0.39 is 0 Å². The molecule has 0 bridgehead atoms. The molecular formula is C10H14ClN5O. The molecule has 1 aromatic heterocycles. The lowest BCUT2D eigenvalue weighted by Gasteiger charge is -2.34. The number of piperazine rings is 1. The summed E-state index contributed by atoms with van der Waals surface area (Å²) in [6.45, 7) is 2.09. The highest BCUT2D eigenvalue weighted by Crippen LogP contribution is 2.14. The zero-order valence-corrected chi connectivity index (χ0v) is 10.2. The summed E-state index contributed by atoms with van der Waals surface area (Å²) in [6, 6.07) is -0.282. The monoisotopic (exact) mass is 255 g/mol. The average Bonchev–Trinajstić information content (AvgIpc) is 2.39. The Balaban J connectivity index is 2.21. The maximum absolute atomic E-state index is 11.7. The van der Waals surface area contributed by atoms with Gasteiger partial charge in [0.05, 0.1) is 17.4 Å². The molecule has 0 radical (unpaired) electrons. The molecule has 0 aliphatic carbocycles. The average molecular weight is 256 g/mol. The van der Waals surface area contributed by atoms with Crippen LogP contribution in [0.4, 0.5) is 5.95 Å². The summed E-state index contributed by atoms with van der Waals surface area (Å²) in [7, 11) is 1.62. The zero-order chi connectivity index (χ0) is 12.3. The fourth-order valence-corrected chi connectivity index (χ4v) is 1.90. The summed E-state index contributed by atoms with van der Waals surface area (Å²) in [5, 5.41) is 6.31. The lowest BCUT2D eigenvalue weighted by molar-refractivity contribution is -0.122. The molecule has 1 amide bonds. The van der Waals surface area contributed by atoms with Gasteiger partial charge in [-0.15, -0.1) is 0 Å². The molecule has 1 aromatic rings. The summed E-state index contributed by atoms with van der Waals surface area (Å²) < 4.78 is 0. The van der Waals surface area contributed by atoms with Gasteiger partial charge in [0.1, 0.15) is 6.04 Å². The Bertz CT molecular complexity index is 396. The molecule has 17 heavy (non-hydrogen) atoms. The minimum Gasteiger partial charge on any atom is -0.357 e. The molecule has 1 aliphatic heterocycles. The molecular weight excluding hydrogens is 242 g/mol. The summed E-state index contributed by atoms with van der Waals surface area (Å²) >= 11 is 5.74. The number of aromatic nitrogens is 2. The van der Waals surface area contributed by atoms with Crippen LogP contribution in [0.5, 0.6) is 0 Å². The van der Waals surface area contributed by atoms with E-state index in [1.807, 2.05) is 4.90 Å². The molecule has 6 nitrogen and oxygen atoms in total. The minimum absolute atomic E-state index is 0.0456. The molecule has 1 aliphatic rings. The van der Waals surface area contributed by atoms with Crippen molar-refractivity contribution in [3.63, 3.8) is 0 Å². The van der Waals surface area contributed by atoms with Crippen LogP contribution in [-0.4, -0.2) is 48.6 Å². The summed E-state index contributed by atoms with van der Waals surface area (Å²) in [5.74, 6) is 0.486. The van der Waals surface area contributed by atoms with Crippen LogP contribution in [0.2, 0.25) is 5.02 Å². The van der Waals surface area contributed by atoms with Gasteiger partial charge in [0, 0.05) is 26.7 Å². The van der Waals surface area contributed by atoms with E-state index in [9.17, 15) is 4.79 Å². The second-order valence-electron chi connectivity index (χ2n) is 3.73. The van der Waals surface area contributed by atoms with Crippen molar-refractivity contribution < 1.29 is 4.79 Å². The van der Waals surface area contributed by atoms with E-state index in [-0.39, 0.29) is 11.9 Å². The van der Waals surface area contributed by atoms with Crippen LogP contribution >= 0.6 is 11.6 Å². The molecule has 1 atom stereocenters. The Labute approximate surface area is 104 Å². The molecule has 1 fully saturated rings. The van der Waals surface area contributed by atoms with Crippen molar-refractivity contribution in [3.05, 3.63) is 17.4 Å². The summed E-state index contributed by atoms with van der Waals surface area (Å²) in [6.07, 6.45) is 3.07. The van der Waals surface area contributed by atoms with E-state index in [2.05, 4.69) is 20.6 Å². The standard InChI is InChI=1S/C10H14ClN5O/c1-12-9(17)8-6-13-2-3-16(8)10-14-4-7(11)5-15-10/h4-5,8,13H,2-3,6H2,1H3,(H,12,17). The molecule has 2 heterocycles.